The minimum absolute atomic E-state index is 0.100. The first-order chi connectivity index (χ1) is 14.8. The molecule has 2 heterocycles. The van der Waals surface area contributed by atoms with E-state index in [1.165, 1.54) is 17.9 Å². The SMILES string of the molecule is Cn1c(=O)c2c(ncn2CCCC(=O)Nc2ccc(C(=O)NC3CC3)cc2)n(C)c1=O. The number of hydrogen-bond acceptors (Lipinski definition) is 5. The topological polar surface area (TPSA) is 120 Å². The van der Waals surface area contributed by atoms with E-state index in [0.717, 1.165) is 17.4 Å². The van der Waals surface area contributed by atoms with Crippen molar-refractivity contribution in [3.63, 3.8) is 0 Å². The molecule has 3 aromatic rings. The van der Waals surface area contributed by atoms with Gasteiger partial charge < -0.3 is 15.2 Å². The van der Waals surface area contributed by atoms with Crippen LogP contribution < -0.4 is 21.9 Å². The van der Waals surface area contributed by atoms with Crippen molar-refractivity contribution in [1.82, 2.24) is 24.0 Å². The summed E-state index contributed by atoms with van der Waals surface area (Å²) in [4.78, 5) is 52.9. The maximum Gasteiger partial charge on any atom is 0.332 e. The van der Waals surface area contributed by atoms with E-state index in [1.54, 1.807) is 35.9 Å². The molecule has 0 bridgehead atoms. The molecule has 31 heavy (non-hydrogen) atoms. The lowest BCUT2D eigenvalue weighted by molar-refractivity contribution is -0.116. The molecule has 0 unspecified atom stereocenters. The molecule has 2 N–H and O–H groups in total. The Bertz CT molecular complexity index is 1260. The molecule has 0 atom stereocenters. The number of hydrogen-bond donors (Lipinski definition) is 2. The predicted octanol–water partition coefficient (Wildman–Crippen LogP) is 0.745. The highest BCUT2D eigenvalue weighted by Crippen LogP contribution is 2.19. The largest absolute Gasteiger partial charge is 0.349 e. The molecule has 2 amide bonds. The molecule has 10 nitrogen and oxygen atoms in total. The number of fused-ring (bicyclic) bond motifs is 1. The zero-order valence-electron chi connectivity index (χ0n) is 17.4. The second-order valence-electron chi connectivity index (χ2n) is 7.79. The van der Waals surface area contributed by atoms with Crippen LogP contribution in [0.5, 0.6) is 0 Å². The van der Waals surface area contributed by atoms with Gasteiger partial charge in [0, 0.05) is 44.4 Å². The fraction of sp³-hybridized carbons (Fsp3) is 0.381. The van der Waals surface area contributed by atoms with E-state index in [-0.39, 0.29) is 18.2 Å². The highest BCUT2D eigenvalue weighted by molar-refractivity contribution is 5.96. The molecule has 1 fully saturated rings. The zero-order chi connectivity index (χ0) is 22.1. The maximum atomic E-state index is 12.4. The Hall–Kier alpha value is -3.69. The normalized spacial score (nSPS) is 13.4. The van der Waals surface area contributed by atoms with E-state index < -0.39 is 11.2 Å². The number of aryl methyl sites for hydroxylation is 2. The molecule has 0 radical (unpaired) electrons. The van der Waals surface area contributed by atoms with Crippen LogP contribution in [0.3, 0.4) is 0 Å². The van der Waals surface area contributed by atoms with Crippen molar-refractivity contribution in [3.05, 3.63) is 57.0 Å². The average molecular weight is 424 g/mol. The third kappa shape index (κ3) is 4.27. The van der Waals surface area contributed by atoms with Gasteiger partial charge in [-0.25, -0.2) is 9.78 Å². The molecular formula is C21H24N6O4. The van der Waals surface area contributed by atoms with Crippen molar-refractivity contribution in [2.75, 3.05) is 5.32 Å². The van der Waals surface area contributed by atoms with E-state index in [1.807, 2.05) is 0 Å². The van der Waals surface area contributed by atoms with Crippen molar-refractivity contribution >= 4 is 28.7 Å². The number of rotatable bonds is 7. The molecule has 4 rings (SSSR count). The van der Waals surface area contributed by atoms with E-state index in [2.05, 4.69) is 15.6 Å². The van der Waals surface area contributed by atoms with E-state index in [0.29, 0.717) is 41.4 Å². The Morgan fingerprint density at radius 3 is 2.48 bits per heavy atom. The van der Waals surface area contributed by atoms with E-state index in [9.17, 15) is 19.2 Å². The average Bonchev–Trinajstić information content (AvgIpc) is 3.47. The number of benzene rings is 1. The lowest BCUT2D eigenvalue weighted by Gasteiger charge is -2.08. The lowest BCUT2D eigenvalue weighted by Crippen LogP contribution is -2.37. The van der Waals surface area contributed by atoms with Crippen LogP contribution in [0.2, 0.25) is 0 Å². The molecule has 10 heteroatoms. The Morgan fingerprint density at radius 1 is 1.10 bits per heavy atom. The lowest BCUT2D eigenvalue weighted by atomic mass is 10.2. The highest BCUT2D eigenvalue weighted by atomic mass is 16.2. The van der Waals surface area contributed by atoms with Gasteiger partial charge in [0.2, 0.25) is 5.91 Å². The van der Waals surface area contributed by atoms with Gasteiger partial charge in [0.05, 0.1) is 6.33 Å². The van der Waals surface area contributed by atoms with Gasteiger partial charge in [-0.1, -0.05) is 0 Å². The Labute approximate surface area is 177 Å². The fourth-order valence-electron chi connectivity index (χ4n) is 3.40. The molecule has 1 aromatic carbocycles. The number of amides is 2. The first kappa shape index (κ1) is 20.6. The summed E-state index contributed by atoms with van der Waals surface area (Å²) in [5.41, 5.74) is 0.996. The molecule has 162 valence electrons. The quantitative estimate of drug-likeness (QED) is 0.580. The predicted molar refractivity (Wildman–Crippen MR) is 115 cm³/mol. The van der Waals surface area contributed by atoms with Crippen LogP contribution in [0.25, 0.3) is 11.2 Å². The van der Waals surface area contributed by atoms with Crippen molar-refractivity contribution in [2.24, 2.45) is 14.1 Å². The zero-order valence-corrected chi connectivity index (χ0v) is 17.4. The number of carbonyl (C=O) groups excluding carboxylic acids is 2. The first-order valence-electron chi connectivity index (χ1n) is 10.2. The van der Waals surface area contributed by atoms with Crippen LogP contribution in [0.15, 0.2) is 40.2 Å². The van der Waals surface area contributed by atoms with Crippen LogP contribution in [-0.2, 0) is 25.4 Å². The Balaban J connectivity index is 1.34. The van der Waals surface area contributed by atoms with Crippen LogP contribution in [0, 0.1) is 0 Å². The van der Waals surface area contributed by atoms with Gasteiger partial charge in [0.25, 0.3) is 11.5 Å². The summed E-state index contributed by atoms with van der Waals surface area (Å²) in [6.45, 7) is 0.414. The summed E-state index contributed by atoms with van der Waals surface area (Å²) >= 11 is 0. The van der Waals surface area contributed by atoms with Gasteiger partial charge in [0.15, 0.2) is 11.2 Å². The van der Waals surface area contributed by atoms with Gasteiger partial charge in [-0.3, -0.25) is 23.5 Å². The second kappa shape index (κ2) is 8.21. The fourth-order valence-corrected chi connectivity index (χ4v) is 3.40. The molecule has 0 saturated heterocycles. The summed E-state index contributed by atoms with van der Waals surface area (Å²) in [5.74, 6) is -0.267. The van der Waals surface area contributed by atoms with Crippen molar-refractivity contribution in [3.8, 4) is 0 Å². The number of carbonyl (C=O) groups is 2. The standard InChI is InChI=1S/C21H24N6O4/c1-25-18-17(20(30)26(2)21(25)31)27(12-22-18)11-3-4-16(28)23-14-7-5-13(6-8-14)19(29)24-15-9-10-15/h5-8,12,15H,3-4,9-11H2,1-2H3,(H,23,28)(H,24,29). The van der Waals surface area contributed by atoms with Crippen molar-refractivity contribution in [2.45, 2.75) is 38.3 Å². The van der Waals surface area contributed by atoms with Crippen LogP contribution in [0.4, 0.5) is 5.69 Å². The molecule has 1 aliphatic rings. The number of anilines is 1. The molecule has 0 spiro atoms. The summed E-state index contributed by atoms with van der Waals surface area (Å²) < 4.78 is 4.04. The second-order valence-corrected chi connectivity index (χ2v) is 7.79. The molecular weight excluding hydrogens is 400 g/mol. The summed E-state index contributed by atoms with van der Waals surface area (Å²) in [6.07, 6.45) is 4.30. The van der Waals surface area contributed by atoms with Crippen LogP contribution >= 0.6 is 0 Å². The van der Waals surface area contributed by atoms with Gasteiger partial charge in [-0.15, -0.1) is 0 Å². The molecule has 1 saturated carbocycles. The van der Waals surface area contributed by atoms with Gasteiger partial charge in [0.1, 0.15) is 0 Å². The number of aromatic nitrogens is 4. The Morgan fingerprint density at radius 2 is 1.81 bits per heavy atom. The van der Waals surface area contributed by atoms with Crippen molar-refractivity contribution < 1.29 is 9.59 Å². The van der Waals surface area contributed by atoms with E-state index >= 15 is 0 Å². The Kier molecular flexibility index (Phi) is 5.45. The van der Waals surface area contributed by atoms with Crippen LogP contribution in [0.1, 0.15) is 36.0 Å². The van der Waals surface area contributed by atoms with Gasteiger partial charge in [-0.2, -0.15) is 0 Å². The number of nitrogens with zero attached hydrogens (tertiary/aromatic N) is 4. The molecule has 0 aliphatic heterocycles. The monoisotopic (exact) mass is 424 g/mol. The molecule has 1 aliphatic carbocycles. The summed E-state index contributed by atoms with van der Waals surface area (Å²) in [6, 6.07) is 7.07. The first-order valence-corrected chi connectivity index (χ1v) is 10.2. The third-order valence-corrected chi connectivity index (χ3v) is 5.36. The maximum absolute atomic E-state index is 12.4. The third-order valence-electron chi connectivity index (χ3n) is 5.36. The smallest absolute Gasteiger partial charge is 0.332 e. The summed E-state index contributed by atoms with van der Waals surface area (Å²) in [5, 5.41) is 5.73. The van der Waals surface area contributed by atoms with Gasteiger partial charge in [-0.05, 0) is 43.5 Å². The number of imidazole rings is 1. The molecule has 2 aromatic heterocycles. The number of nitrogens with one attached hydrogen (secondary N) is 2. The van der Waals surface area contributed by atoms with Crippen LogP contribution in [-0.4, -0.2) is 36.5 Å². The minimum Gasteiger partial charge on any atom is -0.349 e. The van der Waals surface area contributed by atoms with Crippen molar-refractivity contribution in [1.29, 1.82) is 0 Å². The highest BCUT2D eigenvalue weighted by Gasteiger charge is 2.23. The van der Waals surface area contributed by atoms with Gasteiger partial charge >= 0.3 is 5.69 Å². The summed E-state index contributed by atoms with van der Waals surface area (Å²) in [7, 11) is 2.99. The van der Waals surface area contributed by atoms with E-state index in [4.69, 9.17) is 0 Å². The minimum atomic E-state index is -0.432.